The van der Waals surface area contributed by atoms with Crippen molar-refractivity contribution in [2.45, 2.75) is 64.7 Å². The first-order valence-electron chi connectivity index (χ1n) is 6.78. The van der Waals surface area contributed by atoms with Gasteiger partial charge in [-0.15, -0.1) is 0 Å². The van der Waals surface area contributed by atoms with Gasteiger partial charge >= 0.3 is 0 Å². The topological polar surface area (TPSA) is 21.6 Å². The molecule has 0 aromatic heterocycles. The summed E-state index contributed by atoms with van der Waals surface area (Å²) in [5, 5.41) is 0. The van der Waals surface area contributed by atoms with Gasteiger partial charge in [0.25, 0.3) is 0 Å². The van der Waals surface area contributed by atoms with Gasteiger partial charge in [0, 0.05) is 12.6 Å². The Balaban J connectivity index is 1.84. The SMILES string of the molecule is CCCCCCCCCCC1=NC=CCO1. The molecule has 0 atom stereocenters. The highest BCUT2D eigenvalue weighted by atomic mass is 16.5. The molecule has 0 amide bonds. The van der Waals surface area contributed by atoms with Gasteiger partial charge in [0.1, 0.15) is 6.61 Å². The van der Waals surface area contributed by atoms with Crippen molar-refractivity contribution in [2.75, 3.05) is 6.61 Å². The van der Waals surface area contributed by atoms with Crippen molar-refractivity contribution in [3.63, 3.8) is 0 Å². The maximum absolute atomic E-state index is 5.40. The number of hydrogen-bond acceptors (Lipinski definition) is 2. The number of unbranched alkanes of at least 4 members (excludes halogenated alkanes) is 7. The van der Waals surface area contributed by atoms with Crippen LogP contribution >= 0.6 is 0 Å². The molecular weight excluding hydrogens is 198 g/mol. The highest BCUT2D eigenvalue weighted by Gasteiger charge is 2.01. The highest BCUT2D eigenvalue weighted by molar-refractivity contribution is 5.77. The number of hydrogen-bond donors (Lipinski definition) is 0. The lowest BCUT2D eigenvalue weighted by Gasteiger charge is -2.09. The Bertz CT molecular complexity index is 221. The number of ether oxygens (including phenoxy) is 1. The molecular formula is C14H25NO. The minimum atomic E-state index is 0.704. The molecule has 0 spiro atoms. The zero-order chi connectivity index (χ0) is 11.5. The second-order valence-corrected chi connectivity index (χ2v) is 4.44. The maximum atomic E-state index is 5.40. The largest absolute Gasteiger partial charge is 0.476 e. The van der Waals surface area contributed by atoms with Gasteiger partial charge in [0.2, 0.25) is 0 Å². The van der Waals surface area contributed by atoms with Crippen LogP contribution in [0, 0.1) is 0 Å². The summed E-state index contributed by atoms with van der Waals surface area (Å²) in [6.07, 6.45) is 15.7. The molecule has 0 N–H and O–H groups in total. The van der Waals surface area contributed by atoms with E-state index in [-0.39, 0.29) is 0 Å². The van der Waals surface area contributed by atoms with E-state index < -0.39 is 0 Å². The summed E-state index contributed by atoms with van der Waals surface area (Å²) in [5.74, 6) is 0.925. The average molecular weight is 223 g/mol. The Kier molecular flexibility index (Phi) is 7.83. The van der Waals surface area contributed by atoms with E-state index in [1.54, 1.807) is 0 Å². The van der Waals surface area contributed by atoms with E-state index in [0.29, 0.717) is 6.61 Å². The van der Waals surface area contributed by atoms with E-state index in [4.69, 9.17) is 4.74 Å². The number of nitrogens with zero attached hydrogens (tertiary/aromatic N) is 1. The van der Waals surface area contributed by atoms with Gasteiger partial charge in [-0.1, -0.05) is 51.9 Å². The number of aliphatic imine (C=N–C) groups is 1. The molecule has 2 heteroatoms. The molecule has 0 aromatic carbocycles. The maximum Gasteiger partial charge on any atom is 0.188 e. The van der Waals surface area contributed by atoms with E-state index >= 15 is 0 Å². The summed E-state index contributed by atoms with van der Waals surface area (Å²) < 4.78 is 5.40. The van der Waals surface area contributed by atoms with Crippen LogP contribution in [0.1, 0.15) is 64.7 Å². The van der Waals surface area contributed by atoms with Crippen LogP contribution in [-0.2, 0) is 4.74 Å². The summed E-state index contributed by atoms with van der Waals surface area (Å²) in [7, 11) is 0. The van der Waals surface area contributed by atoms with Gasteiger partial charge in [-0.2, -0.15) is 0 Å². The van der Waals surface area contributed by atoms with Crippen LogP contribution in [-0.4, -0.2) is 12.5 Å². The van der Waals surface area contributed by atoms with E-state index in [9.17, 15) is 0 Å². The van der Waals surface area contributed by atoms with Crippen molar-refractivity contribution in [1.82, 2.24) is 0 Å². The first-order valence-corrected chi connectivity index (χ1v) is 6.78. The fourth-order valence-electron chi connectivity index (χ4n) is 1.91. The van der Waals surface area contributed by atoms with Crippen LogP contribution in [0.3, 0.4) is 0 Å². The van der Waals surface area contributed by atoms with Crippen LogP contribution in [0.2, 0.25) is 0 Å². The van der Waals surface area contributed by atoms with Crippen molar-refractivity contribution >= 4 is 5.90 Å². The predicted octanol–water partition coefficient (Wildman–Crippen LogP) is 4.46. The zero-order valence-corrected chi connectivity index (χ0v) is 10.6. The lowest BCUT2D eigenvalue weighted by Crippen LogP contribution is -2.07. The summed E-state index contributed by atoms with van der Waals surface area (Å²) >= 11 is 0. The van der Waals surface area contributed by atoms with Gasteiger partial charge in [-0.3, -0.25) is 0 Å². The van der Waals surface area contributed by atoms with E-state index in [2.05, 4.69) is 11.9 Å². The molecule has 2 nitrogen and oxygen atoms in total. The summed E-state index contributed by atoms with van der Waals surface area (Å²) in [4.78, 5) is 4.20. The average Bonchev–Trinajstić information content (AvgIpc) is 2.34. The molecule has 16 heavy (non-hydrogen) atoms. The third-order valence-corrected chi connectivity index (χ3v) is 2.91. The summed E-state index contributed by atoms with van der Waals surface area (Å²) in [6.45, 7) is 2.97. The second kappa shape index (κ2) is 9.44. The molecule has 0 radical (unpaired) electrons. The Morgan fingerprint density at radius 2 is 1.75 bits per heavy atom. The van der Waals surface area contributed by atoms with Crippen molar-refractivity contribution in [3.05, 3.63) is 12.3 Å². The lowest BCUT2D eigenvalue weighted by atomic mass is 10.1. The molecule has 1 rings (SSSR count). The van der Waals surface area contributed by atoms with Crippen molar-refractivity contribution in [1.29, 1.82) is 0 Å². The van der Waals surface area contributed by atoms with Gasteiger partial charge < -0.3 is 4.74 Å². The highest BCUT2D eigenvalue weighted by Crippen LogP contribution is 2.10. The molecule has 1 aliphatic rings. The molecule has 92 valence electrons. The molecule has 1 aliphatic heterocycles. The van der Waals surface area contributed by atoms with Crippen LogP contribution in [0.25, 0.3) is 0 Å². The molecule has 0 unspecified atom stereocenters. The first-order chi connectivity index (χ1) is 7.93. The molecule has 1 heterocycles. The Hall–Kier alpha value is -0.790. The quantitative estimate of drug-likeness (QED) is 0.529. The lowest BCUT2D eigenvalue weighted by molar-refractivity contribution is 0.331. The fraction of sp³-hybridized carbons (Fsp3) is 0.786. The van der Waals surface area contributed by atoms with Crippen LogP contribution < -0.4 is 0 Å². The van der Waals surface area contributed by atoms with Gasteiger partial charge in [-0.25, -0.2) is 4.99 Å². The predicted molar refractivity (Wildman–Crippen MR) is 69.8 cm³/mol. The Morgan fingerprint density at radius 1 is 1.06 bits per heavy atom. The normalized spacial score (nSPS) is 14.7. The van der Waals surface area contributed by atoms with Gasteiger partial charge in [0.15, 0.2) is 5.90 Å². The first kappa shape index (κ1) is 13.3. The van der Waals surface area contributed by atoms with Crippen LogP contribution in [0.4, 0.5) is 0 Å². The smallest absolute Gasteiger partial charge is 0.188 e. The molecule has 0 aliphatic carbocycles. The molecule has 0 saturated heterocycles. The van der Waals surface area contributed by atoms with Crippen molar-refractivity contribution in [3.8, 4) is 0 Å². The third kappa shape index (κ3) is 6.65. The Morgan fingerprint density at radius 3 is 2.38 bits per heavy atom. The van der Waals surface area contributed by atoms with E-state index in [1.807, 2.05) is 12.3 Å². The zero-order valence-electron chi connectivity index (χ0n) is 10.6. The minimum absolute atomic E-state index is 0.704. The van der Waals surface area contributed by atoms with Gasteiger partial charge in [0.05, 0.1) is 0 Å². The summed E-state index contributed by atoms with van der Waals surface area (Å²) in [5.41, 5.74) is 0. The van der Waals surface area contributed by atoms with Crippen molar-refractivity contribution in [2.24, 2.45) is 4.99 Å². The standard InChI is InChI=1S/C14H25NO/c1-2-3-4-5-6-7-8-9-11-14-15-12-10-13-16-14/h10,12H,2-9,11,13H2,1H3. The Labute approximate surface area is 99.8 Å². The monoisotopic (exact) mass is 223 g/mol. The van der Waals surface area contributed by atoms with Gasteiger partial charge in [-0.05, 0) is 12.5 Å². The number of rotatable bonds is 9. The van der Waals surface area contributed by atoms with Crippen molar-refractivity contribution < 1.29 is 4.74 Å². The van der Waals surface area contributed by atoms with E-state index in [0.717, 1.165) is 12.3 Å². The molecule has 0 bridgehead atoms. The minimum Gasteiger partial charge on any atom is -0.476 e. The fourth-order valence-corrected chi connectivity index (χ4v) is 1.91. The molecule has 0 aromatic rings. The molecule has 0 saturated carbocycles. The summed E-state index contributed by atoms with van der Waals surface area (Å²) in [6, 6.07) is 0. The van der Waals surface area contributed by atoms with Crippen LogP contribution in [0.15, 0.2) is 17.3 Å². The van der Waals surface area contributed by atoms with Crippen LogP contribution in [0.5, 0.6) is 0 Å². The third-order valence-electron chi connectivity index (χ3n) is 2.91. The molecule has 0 fully saturated rings. The second-order valence-electron chi connectivity index (χ2n) is 4.44. The van der Waals surface area contributed by atoms with E-state index in [1.165, 1.54) is 51.4 Å².